The minimum absolute atomic E-state index is 0.0658. The highest BCUT2D eigenvalue weighted by Crippen LogP contribution is 2.38. The molecule has 0 radical (unpaired) electrons. The molecule has 1 atom stereocenters. The Morgan fingerprint density at radius 1 is 1.38 bits per heavy atom. The van der Waals surface area contributed by atoms with Gasteiger partial charge in [-0.3, -0.25) is 4.79 Å². The normalized spacial score (nSPS) is 15.3. The summed E-state index contributed by atoms with van der Waals surface area (Å²) < 4.78 is 11.5. The molecule has 0 saturated carbocycles. The third kappa shape index (κ3) is 4.86. The van der Waals surface area contributed by atoms with Gasteiger partial charge < -0.3 is 14.8 Å². The average Bonchev–Trinajstić information content (AvgIpc) is 2.94. The van der Waals surface area contributed by atoms with Crippen molar-refractivity contribution in [3.05, 3.63) is 52.5 Å². The van der Waals surface area contributed by atoms with Crippen molar-refractivity contribution in [3.8, 4) is 11.5 Å². The van der Waals surface area contributed by atoms with Crippen molar-refractivity contribution >= 4 is 35.0 Å². The number of hydrogen-bond acceptors (Lipinski definition) is 4. The Hall–Kier alpha value is -1.85. The first-order valence-corrected chi connectivity index (χ1v) is 10.2. The monoisotopic (exact) mass is 391 g/mol. The molecule has 0 bridgehead atoms. The summed E-state index contributed by atoms with van der Waals surface area (Å²) in [5, 5.41) is 3.66. The van der Waals surface area contributed by atoms with Crippen LogP contribution in [0.4, 0.5) is 5.69 Å². The van der Waals surface area contributed by atoms with Crippen molar-refractivity contribution in [1.29, 1.82) is 0 Å². The molecule has 1 N–H and O–H groups in total. The number of hydrogen-bond donors (Lipinski definition) is 1. The first-order valence-electron chi connectivity index (χ1n) is 8.63. The number of halogens is 1. The van der Waals surface area contributed by atoms with Crippen molar-refractivity contribution < 1.29 is 14.3 Å². The molecule has 26 heavy (non-hydrogen) atoms. The van der Waals surface area contributed by atoms with E-state index in [2.05, 4.69) is 5.32 Å². The van der Waals surface area contributed by atoms with Gasteiger partial charge >= 0.3 is 0 Å². The quantitative estimate of drug-likeness (QED) is 0.726. The largest absolute Gasteiger partial charge is 0.492 e. The summed E-state index contributed by atoms with van der Waals surface area (Å²) in [5.41, 5.74) is 2.88. The Labute approximate surface area is 163 Å². The van der Waals surface area contributed by atoms with Crippen molar-refractivity contribution in [1.82, 2.24) is 0 Å². The van der Waals surface area contributed by atoms with Gasteiger partial charge in [0.15, 0.2) is 0 Å². The molecule has 6 heteroatoms. The van der Waals surface area contributed by atoms with Gasteiger partial charge in [0.25, 0.3) is 0 Å². The summed E-state index contributed by atoms with van der Waals surface area (Å²) in [6.07, 6.45) is 1.01. The van der Waals surface area contributed by atoms with E-state index < -0.39 is 0 Å². The molecule has 2 aromatic carbocycles. The number of nitrogens with one attached hydrogen (secondary N) is 1. The second-order valence-electron chi connectivity index (χ2n) is 6.19. The molecule has 3 rings (SSSR count). The van der Waals surface area contributed by atoms with E-state index in [0.29, 0.717) is 28.8 Å². The van der Waals surface area contributed by atoms with E-state index in [1.54, 1.807) is 11.8 Å². The highest BCUT2D eigenvalue weighted by Gasteiger charge is 2.22. The molecule has 1 aliphatic heterocycles. The number of fused-ring (bicyclic) bond motifs is 1. The second kappa shape index (κ2) is 8.69. The predicted octanol–water partition coefficient (Wildman–Crippen LogP) is 4.93. The number of anilines is 1. The van der Waals surface area contributed by atoms with Gasteiger partial charge in [0.05, 0.1) is 18.0 Å². The number of carbonyl (C=O) groups is 1. The summed E-state index contributed by atoms with van der Waals surface area (Å²) in [6.45, 7) is 4.51. The Balaban J connectivity index is 1.60. The molecule has 0 spiro atoms. The van der Waals surface area contributed by atoms with Gasteiger partial charge in [-0.2, -0.15) is 0 Å². The summed E-state index contributed by atoms with van der Waals surface area (Å²) in [4.78, 5) is 12.3. The summed E-state index contributed by atoms with van der Waals surface area (Å²) in [5.74, 6) is 2.53. The van der Waals surface area contributed by atoms with Crippen LogP contribution in [0.15, 0.2) is 36.4 Å². The van der Waals surface area contributed by atoms with Gasteiger partial charge in [-0.25, -0.2) is 0 Å². The van der Waals surface area contributed by atoms with Crippen molar-refractivity contribution in [2.24, 2.45) is 0 Å². The molecule has 1 aliphatic rings. The topological polar surface area (TPSA) is 47.6 Å². The van der Waals surface area contributed by atoms with Crippen LogP contribution in [0.2, 0.25) is 5.02 Å². The summed E-state index contributed by atoms with van der Waals surface area (Å²) in [6, 6.07) is 11.5. The number of benzene rings is 2. The third-order valence-corrected chi connectivity index (χ3v) is 5.20. The predicted molar refractivity (Wildman–Crippen MR) is 108 cm³/mol. The lowest BCUT2D eigenvalue weighted by Crippen LogP contribution is -2.15. The number of ether oxygens (including phenoxy) is 2. The highest BCUT2D eigenvalue weighted by molar-refractivity contribution is 7.99. The Kier molecular flexibility index (Phi) is 6.33. The Morgan fingerprint density at radius 3 is 3.00 bits per heavy atom. The van der Waals surface area contributed by atoms with E-state index in [9.17, 15) is 4.79 Å². The van der Waals surface area contributed by atoms with E-state index in [0.717, 1.165) is 29.1 Å². The van der Waals surface area contributed by atoms with Crippen LogP contribution in [0.1, 0.15) is 25.0 Å². The molecule has 1 unspecified atom stereocenters. The minimum Gasteiger partial charge on any atom is -0.492 e. The smallest absolute Gasteiger partial charge is 0.234 e. The fourth-order valence-corrected chi connectivity index (χ4v) is 3.87. The maximum absolute atomic E-state index is 12.3. The second-order valence-corrected chi connectivity index (χ2v) is 7.61. The fraction of sp³-hybridized carbons (Fsp3) is 0.350. The summed E-state index contributed by atoms with van der Waals surface area (Å²) in [7, 11) is 0. The number of carbonyl (C=O) groups excluding carboxylic acids is 1. The first-order chi connectivity index (χ1) is 12.5. The fourth-order valence-electron chi connectivity index (χ4n) is 2.89. The van der Waals surface area contributed by atoms with Crippen LogP contribution in [0.3, 0.4) is 0 Å². The van der Waals surface area contributed by atoms with Crippen molar-refractivity contribution in [2.75, 3.05) is 17.7 Å². The van der Waals surface area contributed by atoms with Crippen LogP contribution < -0.4 is 14.8 Å². The SMILES string of the molecule is CCOc1cc2c(cc1NC(=O)CSCc1cccc(Cl)c1)OC(C)C2. The molecule has 2 aromatic rings. The van der Waals surface area contributed by atoms with Crippen molar-refractivity contribution in [3.63, 3.8) is 0 Å². The molecule has 0 saturated heterocycles. The zero-order valence-corrected chi connectivity index (χ0v) is 16.5. The van der Waals surface area contributed by atoms with Gasteiger partial charge in [-0.05, 0) is 37.6 Å². The zero-order valence-electron chi connectivity index (χ0n) is 14.9. The van der Waals surface area contributed by atoms with Crippen LogP contribution in [0.25, 0.3) is 0 Å². The maximum Gasteiger partial charge on any atom is 0.234 e. The minimum atomic E-state index is -0.0658. The number of rotatable bonds is 7. The number of thioether (sulfide) groups is 1. The Morgan fingerprint density at radius 2 is 2.23 bits per heavy atom. The maximum atomic E-state index is 12.3. The first kappa shape index (κ1) is 18.9. The third-order valence-electron chi connectivity index (χ3n) is 3.96. The average molecular weight is 392 g/mol. The lowest BCUT2D eigenvalue weighted by Gasteiger charge is -2.13. The van der Waals surface area contributed by atoms with Gasteiger partial charge in [0, 0.05) is 28.8 Å². The van der Waals surface area contributed by atoms with Gasteiger partial charge in [0.2, 0.25) is 5.91 Å². The summed E-state index contributed by atoms with van der Waals surface area (Å²) >= 11 is 7.53. The van der Waals surface area contributed by atoms with E-state index in [-0.39, 0.29) is 12.0 Å². The lowest BCUT2D eigenvalue weighted by molar-refractivity contribution is -0.113. The van der Waals surface area contributed by atoms with Crippen LogP contribution >= 0.6 is 23.4 Å². The molecule has 0 aliphatic carbocycles. The molecular formula is C20H22ClNO3S. The van der Waals surface area contributed by atoms with Crippen LogP contribution in [-0.4, -0.2) is 24.4 Å². The highest BCUT2D eigenvalue weighted by atomic mass is 35.5. The van der Waals surface area contributed by atoms with E-state index >= 15 is 0 Å². The molecular weight excluding hydrogens is 370 g/mol. The number of amides is 1. The Bertz CT molecular complexity index is 797. The van der Waals surface area contributed by atoms with Gasteiger partial charge in [0.1, 0.15) is 17.6 Å². The lowest BCUT2D eigenvalue weighted by atomic mass is 10.1. The van der Waals surface area contributed by atoms with Gasteiger partial charge in [-0.1, -0.05) is 23.7 Å². The molecule has 0 aromatic heterocycles. The standard InChI is InChI=1S/C20H22ClNO3S/c1-3-24-19-9-15-7-13(2)25-18(15)10-17(19)22-20(23)12-26-11-14-5-4-6-16(21)8-14/h4-6,8-10,13H,3,7,11-12H2,1-2H3,(H,22,23). The molecule has 4 nitrogen and oxygen atoms in total. The van der Waals surface area contributed by atoms with E-state index in [4.69, 9.17) is 21.1 Å². The van der Waals surface area contributed by atoms with Crippen LogP contribution in [0.5, 0.6) is 11.5 Å². The molecule has 1 heterocycles. The molecule has 138 valence electrons. The van der Waals surface area contributed by atoms with Crippen molar-refractivity contribution in [2.45, 2.75) is 32.1 Å². The molecule has 0 fully saturated rings. The van der Waals surface area contributed by atoms with Crippen LogP contribution in [-0.2, 0) is 17.0 Å². The molecule has 1 amide bonds. The van der Waals surface area contributed by atoms with E-state index in [1.165, 1.54) is 0 Å². The zero-order chi connectivity index (χ0) is 18.5. The van der Waals surface area contributed by atoms with Gasteiger partial charge in [-0.15, -0.1) is 11.8 Å². The van der Waals surface area contributed by atoms with Crippen LogP contribution in [0, 0.1) is 0 Å². The van der Waals surface area contributed by atoms with E-state index in [1.807, 2.05) is 50.2 Å².